The van der Waals surface area contributed by atoms with Crippen LogP contribution in [0.5, 0.6) is 5.75 Å². The predicted octanol–water partition coefficient (Wildman–Crippen LogP) is 1.31. The largest absolute Gasteiger partial charge is 0.494 e. The molecule has 0 aliphatic rings. The maximum atomic E-state index is 5.55. The van der Waals surface area contributed by atoms with Crippen molar-refractivity contribution in [2.45, 2.75) is 19.3 Å². The van der Waals surface area contributed by atoms with Gasteiger partial charge >= 0.3 is 0 Å². The molecule has 84 valence electrons. The van der Waals surface area contributed by atoms with Crippen LogP contribution in [0.25, 0.3) is 0 Å². The quantitative estimate of drug-likeness (QED) is 0.664. The van der Waals surface area contributed by atoms with E-state index in [1.54, 1.807) is 0 Å². The first-order valence-electron chi connectivity index (χ1n) is 5.48. The Morgan fingerprint density at radius 2 is 1.67 bits per heavy atom. The molecule has 0 aliphatic heterocycles. The standard InChI is InChI=1S/C12H20N2O/c13-8-1-2-10-15-12-5-3-11(4-6-12)7-9-14/h3-6H,1-2,7-10,13-14H2. The fourth-order valence-electron chi connectivity index (χ4n) is 1.36. The highest BCUT2D eigenvalue weighted by Crippen LogP contribution is 2.12. The van der Waals surface area contributed by atoms with E-state index in [2.05, 4.69) is 12.1 Å². The summed E-state index contributed by atoms with van der Waals surface area (Å²) in [6.07, 6.45) is 2.96. The van der Waals surface area contributed by atoms with Crippen LogP contribution in [0.15, 0.2) is 24.3 Å². The monoisotopic (exact) mass is 208 g/mol. The molecule has 0 bridgehead atoms. The van der Waals surface area contributed by atoms with Crippen molar-refractivity contribution < 1.29 is 4.74 Å². The van der Waals surface area contributed by atoms with Crippen molar-refractivity contribution in [3.63, 3.8) is 0 Å². The van der Waals surface area contributed by atoms with Gasteiger partial charge in [-0.1, -0.05) is 12.1 Å². The van der Waals surface area contributed by atoms with E-state index in [1.165, 1.54) is 5.56 Å². The summed E-state index contributed by atoms with van der Waals surface area (Å²) in [6.45, 7) is 2.17. The Hall–Kier alpha value is -1.06. The molecule has 3 nitrogen and oxygen atoms in total. The Balaban J connectivity index is 2.29. The fraction of sp³-hybridized carbons (Fsp3) is 0.500. The van der Waals surface area contributed by atoms with Crippen LogP contribution in [-0.4, -0.2) is 19.7 Å². The second kappa shape index (κ2) is 7.26. The number of hydrogen-bond donors (Lipinski definition) is 2. The Kier molecular flexibility index (Phi) is 5.81. The average molecular weight is 208 g/mol. The summed E-state index contributed by atoms with van der Waals surface area (Å²) in [6, 6.07) is 8.11. The molecule has 0 amide bonds. The molecular formula is C12H20N2O. The number of rotatable bonds is 7. The Labute approximate surface area is 91.4 Å². The van der Waals surface area contributed by atoms with Gasteiger partial charge in [0.25, 0.3) is 0 Å². The van der Waals surface area contributed by atoms with Crippen LogP contribution in [0, 0.1) is 0 Å². The summed E-state index contributed by atoms with van der Waals surface area (Å²) in [5, 5.41) is 0. The van der Waals surface area contributed by atoms with E-state index in [-0.39, 0.29) is 0 Å². The van der Waals surface area contributed by atoms with E-state index < -0.39 is 0 Å². The lowest BCUT2D eigenvalue weighted by molar-refractivity contribution is 0.308. The summed E-state index contributed by atoms with van der Waals surface area (Å²) in [7, 11) is 0. The molecule has 3 heteroatoms. The summed E-state index contributed by atoms with van der Waals surface area (Å²) >= 11 is 0. The maximum absolute atomic E-state index is 5.55. The van der Waals surface area contributed by atoms with Gasteiger partial charge in [-0.3, -0.25) is 0 Å². The van der Waals surface area contributed by atoms with E-state index in [0.717, 1.165) is 38.2 Å². The molecule has 15 heavy (non-hydrogen) atoms. The van der Waals surface area contributed by atoms with E-state index in [4.69, 9.17) is 16.2 Å². The minimum absolute atomic E-state index is 0.691. The van der Waals surface area contributed by atoms with Crippen LogP contribution >= 0.6 is 0 Å². The summed E-state index contributed by atoms with van der Waals surface area (Å²) in [4.78, 5) is 0. The molecule has 4 N–H and O–H groups in total. The number of benzene rings is 1. The van der Waals surface area contributed by atoms with Crippen molar-refractivity contribution in [1.82, 2.24) is 0 Å². The van der Waals surface area contributed by atoms with Crippen molar-refractivity contribution in [3.05, 3.63) is 29.8 Å². The van der Waals surface area contributed by atoms with Crippen molar-refractivity contribution in [2.75, 3.05) is 19.7 Å². The number of ether oxygens (including phenoxy) is 1. The highest BCUT2D eigenvalue weighted by atomic mass is 16.5. The van der Waals surface area contributed by atoms with Gasteiger partial charge in [-0.05, 0) is 50.0 Å². The van der Waals surface area contributed by atoms with Gasteiger partial charge in [0.2, 0.25) is 0 Å². The molecule has 0 heterocycles. The SMILES string of the molecule is NCCCCOc1ccc(CCN)cc1. The Morgan fingerprint density at radius 3 is 2.27 bits per heavy atom. The van der Waals surface area contributed by atoms with E-state index >= 15 is 0 Å². The third-order valence-electron chi connectivity index (χ3n) is 2.22. The average Bonchev–Trinajstić information content (AvgIpc) is 2.27. The second-order valence-electron chi connectivity index (χ2n) is 3.53. The van der Waals surface area contributed by atoms with Crippen molar-refractivity contribution in [2.24, 2.45) is 11.5 Å². The normalized spacial score (nSPS) is 10.3. The van der Waals surface area contributed by atoms with Crippen molar-refractivity contribution in [3.8, 4) is 5.75 Å². The minimum Gasteiger partial charge on any atom is -0.494 e. The second-order valence-corrected chi connectivity index (χ2v) is 3.53. The van der Waals surface area contributed by atoms with Gasteiger partial charge in [-0.25, -0.2) is 0 Å². The Morgan fingerprint density at radius 1 is 0.933 bits per heavy atom. The summed E-state index contributed by atoms with van der Waals surface area (Å²) in [5.41, 5.74) is 12.1. The maximum Gasteiger partial charge on any atom is 0.119 e. The van der Waals surface area contributed by atoms with Gasteiger partial charge in [0.05, 0.1) is 6.61 Å². The van der Waals surface area contributed by atoms with Crippen molar-refractivity contribution in [1.29, 1.82) is 0 Å². The van der Waals surface area contributed by atoms with Gasteiger partial charge in [0, 0.05) is 0 Å². The fourth-order valence-corrected chi connectivity index (χ4v) is 1.36. The van der Waals surface area contributed by atoms with Gasteiger partial charge in [0.15, 0.2) is 0 Å². The van der Waals surface area contributed by atoms with Gasteiger partial charge in [0.1, 0.15) is 5.75 Å². The van der Waals surface area contributed by atoms with Crippen LogP contribution in [0.3, 0.4) is 0 Å². The highest BCUT2D eigenvalue weighted by Gasteiger charge is 1.94. The molecule has 0 aromatic heterocycles. The van der Waals surface area contributed by atoms with Gasteiger partial charge < -0.3 is 16.2 Å². The molecule has 1 aromatic rings. The lowest BCUT2D eigenvalue weighted by atomic mass is 10.1. The zero-order chi connectivity index (χ0) is 10.9. The smallest absolute Gasteiger partial charge is 0.119 e. The lowest BCUT2D eigenvalue weighted by Crippen LogP contribution is -2.04. The zero-order valence-corrected chi connectivity index (χ0v) is 9.11. The molecule has 1 aromatic carbocycles. The molecule has 0 saturated carbocycles. The van der Waals surface area contributed by atoms with Crippen LogP contribution in [-0.2, 0) is 6.42 Å². The molecule has 1 rings (SSSR count). The van der Waals surface area contributed by atoms with Gasteiger partial charge in [-0.15, -0.1) is 0 Å². The molecular weight excluding hydrogens is 188 g/mol. The molecule has 0 spiro atoms. The molecule has 0 atom stereocenters. The molecule has 0 saturated heterocycles. The van der Waals surface area contributed by atoms with Crippen LogP contribution < -0.4 is 16.2 Å². The van der Waals surface area contributed by atoms with Gasteiger partial charge in [-0.2, -0.15) is 0 Å². The van der Waals surface area contributed by atoms with Crippen molar-refractivity contribution >= 4 is 0 Å². The molecule has 0 fully saturated rings. The highest BCUT2D eigenvalue weighted by molar-refractivity contribution is 5.27. The molecule has 0 aliphatic carbocycles. The van der Waals surface area contributed by atoms with Crippen LogP contribution in [0.4, 0.5) is 0 Å². The third-order valence-corrected chi connectivity index (χ3v) is 2.22. The summed E-state index contributed by atoms with van der Waals surface area (Å²) in [5.74, 6) is 0.924. The van der Waals surface area contributed by atoms with Crippen LogP contribution in [0.2, 0.25) is 0 Å². The summed E-state index contributed by atoms with van der Waals surface area (Å²) < 4.78 is 5.55. The minimum atomic E-state index is 0.691. The van der Waals surface area contributed by atoms with E-state index in [0.29, 0.717) is 6.54 Å². The number of unbranched alkanes of at least 4 members (excludes halogenated alkanes) is 1. The Bertz CT molecular complexity index is 259. The van der Waals surface area contributed by atoms with Crippen LogP contribution in [0.1, 0.15) is 18.4 Å². The first-order chi connectivity index (χ1) is 7.36. The van der Waals surface area contributed by atoms with E-state index in [9.17, 15) is 0 Å². The number of hydrogen-bond acceptors (Lipinski definition) is 3. The third kappa shape index (κ3) is 4.81. The molecule has 0 unspecified atom stereocenters. The topological polar surface area (TPSA) is 61.3 Å². The first-order valence-corrected chi connectivity index (χ1v) is 5.48. The first kappa shape index (κ1) is 12.0. The zero-order valence-electron chi connectivity index (χ0n) is 9.11. The predicted molar refractivity (Wildman–Crippen MR) is 63.0 cm³/mol. The lowest BCUT2D eigenvalue weighted by Gasteiger charge is -2.06. The van der Waals surface area contributed by atoms with E-state index in [1.807, 2.05) is 12.1 Å². The molecule has 0 radical (unpaired) electrons. The number of nitrogens with two attached hydrogens (primary N) is 2.